The molecular formula is C23H24N8S. The van der Waals surface area contributed by atoms with Crippen LogP contribution in [-0.2, 0) is 0 Å². The molecule has 8 nitrogen and oxygen atoms in total. The van der Waals surface area contributed by atoms with Crippen molar-refractivity contribution in [1.29, 1.82) is 0 Å². The number of benzene rings is 1. The molecular weight excluding hydrogens is 420 g/mol. The molecule has 1 saturated heterocycles. The van der Waals surface area contributed by atoms with Gasteiger partial charge >= 0.3 is 0 Å². The predicted molar refractivity (Wildman–Crippen MR) is 128 cm³/mol. The second kappa shape index (κ2) is 9.46. The molecule has 9 heteroatoms. The molecule has 2 aliphatic heterocycles. The van der Waals surface area contributed by atoms with Gasteiger partial charge in [0.1, 0.15) is 5.84 Å². The third-order valence-electron chi connectivity index (χ3n) is 5.31. The van der Waals surface area contributed by atoms with Crippen molar-refractivity contribution < 1.29 is 0 Å². The molecule has 0 spiro atoms. The zero-order valence-corrected chi connectivity index (χ0v) is 18.7. The van der Waals surface area contributed by atoms with E-state index in [1.807, 2.05) is 42.5 Å². The molecule has 3 aromatic rings. The number of rotatable bonds is 5. The van der Waals surface area contributed by atoms with Crippen molar-refractivity contribution in [2.75, 3.05) is 50.0 Å². The van der Waals surface area contributed by atoms with E-state index in [4.69, 9.17) is 9.97 Å². The lowest BCUT2D eigenvalue weighted by atomic mass is 10.2. The number of nitrogens with zero attached hydrogens (tertiary/aromatic N) is 7. The number of aliphatic imine (C=N–C) groups is 1. The number of hydrogen-bond donors (Lipinski definition) is 1. The minimum Gasteiger partial charge on any atom is -0.338 e. The van der Waals surface area contributed by atoms with Crippen molar-refractivity contribution >= 4 is 35.1 Å². The third kappa shape index (κ3) is 4.95. The Morgan fingerprint density at radius 1 is 0.906 bits per heavy atom. The normalized spacial score (nSPS) is 16.6. The monoisotopic (exact) mass is 444 g/mol. The number of pyridine rings is 1. The van der Waals surface area contributed by atoms with Crippen molar-refractivity contribution in [2.45, 2.75) is 10.1 Å². The SMILES string of the molecule is CN1CCN(c2nc(NC3=NCC(c4ccccn4)=C3)nc(Sc3ccccc3)n2)CC1. The van der Waals surface area contributed by atoms with E-state index in [0.29, 0.717) is 23.6 Å². The van der Waals surface area contributed by atoms with E-state index < -0.39 is 0 Å². The lowest BCUT2D eigenvalue weighted by molar-refractivity contribution is 0.311. The van der Waals surface area contributed by atoms with Gasteiger partial charge in [0.15, 0.2) is 5.16 Å². The smallest absolute Gasteiger partial charge is 0.234 e. The van der Waals surface area contributed by atoms with Crippen LogP contribution < -0.4 is 10.2 Å². The van der Waals surface area contributed by atoms with Crippen LogP contribution in [0.4, 0.5) is 11.9 Å². The molecule has 0 saturated carbocycles. The van der Waals surface area contributed by atoms with Crippen LogP contribution in [0.2, 0.25) is 0 Å². The van der Waals surface area contributed by atoms with Crippen molar-refractivity contribution in [3.8, 4) is 0 Å². The first kappa shape index (κ1) is 20.6. The zero-order valence-electron chi connectivity index (χ0n) is 17.8. The zero-order chi connectivity index (χ0) is 21.8. The van der Waals surface area contributed by atoms with Gasteiger partial charge in [0.2, 0.25) is 11.9 Å². The van der Waals surface area contributed by atoms with Gasteiger partial charge in [0, 0.05) is 42.8 Å². The molecule has 1 N–H and O–H groups in total. The molecule has 0 radical (unpaired) electrons. The molecule has 1 fully saturated rings. The van der Waals surface area contributed by atoms with E-state index in [2.05, 4.69) is 49.3 Å². The standard InChI is InChI=1S/C23H24N8S/c1-30-11-13-31(14-12-30)22-27-21(28-23(29-22)32-18-7-3-2-4-8-18)26-20-15-17(16-25-20)19-9-5-6-10-24-19/h2-10,15H,11-14,16H2,1H3,(H,25,26,27,28,29). The van der Waals surface area contributed by atoms with Crippen LogP contribution in [0, 0.1) is 0 Å². The summed E-state index contributed by atoms with van der Waals surface area (Å²) >= 11 is 1.53. The summed E-state index contributed by atoms with van der Waals surface area (Å²) in [5.74, 6) is 1.93. The summed E-state index contributed by atoms with van der Waals surface area (Å²) < 4.78 is 0. The van der Waals surface area contributed by atoms with Crippen LogP contribution in [0.1, 0.15) is 5.69 Å². The first-order chi connectivity index (χ1) is 15.7. The number of hydrogen-bond acceptors (Lipinski definition) is 9. The van der Waals surface area contributed by atoms with Gasteiger partial charge in [-0.3, -0.25) is 9.98 Å². The van der Waals surface area contributed by atoms with E-state index in [0.717, 1.165) is 48.2 Å². The Bertz CT molecular complexity index is 1130. The summed E-state index contributed by atoms with van der Waals surface area (Å²) in [6.07, 6.45) is 3.80. The summed E-state index contributed by atoms with van der Waals surface area (Å²) in [7, 11) is 2.14. The quantitative estimate of drug-likeness (QED) is 0.643. The number of anilines is 2. The Kier molecular flexibility index (Phi) is 6.09. The van der Waals surface area contributed by atoms with Crippen molar-refractivity contribution in [1.82, 2.24) is 24.8 Å². The fourth-order valence-corrected chi connectivity index (χ4v) is 4.28. The summed E-state index contributed by atoms with van der Waals surface area (Å²) in [4.78, 5) is 28.8. The molecule has 162 valence electrons. The number of nitrogens with one attached hydrogen (secondary N) is 1. The second-order valence-electron chi connectivity index (χ2n) is 7.66. The van der Waals surface area contributed by atoms with Gasteiger partial charge < -0.3 is 15.1 Å². The molecule has 0 aliphatic carbocycles. The van der Waals surface area contributed by atoms with E-state index >= 15 is 0 Å². The summed E-state index contributed by atoms with van der Waals surface area (Å²) in [6.45, 7) is 4.33. The highest BCUT2D eigenvalue weighted by molar-refractivity contribution is 7.99. The number of piperazine rings is 1. The Morgan fingerprint density at radius 2 is 1.72 bits per heavy atom. The molecule has 0 atom stereocenters. The molecule has 0 bridgehead atoms. The van der Waals surface area contributed by atoms with E-state index in [1.54, 1.807) is 6.20 Å². The maximum Gasteiger partial charge on any atom is 0.234 e. The van der Waals surface area contributed by atoms with Gasteiger partial charge in [0.05, 0.1) is 12.2 Å². The van der Waals surface area contributed by atoms with E-state index in [9.17, 15) is 0 Å². The second-order valence-corrected chi connectivity index (χ2v) is 8.70. The van der Waals surface area contributed by atoms with Gasteiger partial charge in [-0.15, -0.1) is 0 Å². The fraction of sp³-hybridized carbons (Fsp3) is 0.261. The van der Waals surface area contributed by atoms with Crippen molar-refractivity contribution in [3.05, 3.63) is 66.5 Å². The molecule has 2 aliphatic rings. The van der Waals surface area contributed by atoms with Crippen LogP contribution in [0.15, 0.2) is 75.8 Å². The molecule has 0 unspecified atom stereocenters. The number of amidine groups is 1. The Morgan fingerprint density at radius 3 is 2.50 bits per heavy atom. The molecule has 2 aromatic heterocycles. The molecule has 32 heavy (non-hydrogen) atoms. The van der Waals surface area contributed by atoms with E-state index in [-0.39, 0.29) is 0 Å². The van der Waals surface area contributed by atoms with Gasteiger partial charge in [-0.05, 0) is 49.2 Å². The fourth-order valence-electron chi connectivity index (χ4n) is 3.51. The lowest BCUT2D eigenvalue weighted by Gasteiger charge is -2.32. The van der Waals surface area contributed by atoms with Crippen LogP contribution >= 0.6 is 11.8 Å². The summed E-state index contributed by atoms with van der Waals surface area (Å²) in [6, 6.07) is 16.0. The van der Waals surface area contributed by atoms with Crippen LogP contribution in [0.3, 0.4) is 0 Å². The van der Waals surface area contributed by atoms with Crippen molar-refractivity contribution in [2.24, 2.45) is 4.99 Å². The van der Waals surface area contributed by atoms with Crippen LogP contribution in [-0.4, -0.2) is 70.4 Å². The predicted octanol–water partition coefficient (Wildman–Crippen LogP) is 3.08. The van der Waals surface area contributed by atoms with Gasteiger partial charge in [-0.25, -0.2) is 0 Å². The van der Waals surface area contributed by atoms with Gasteiger partial charge in [0.25, 0.3) is 0 Å². The van der Waals surface area contributed by atoms with E-state index in [1.165, 1.54) is 11.8 Å². The van der Waals surface area contributed by atoms with Crippen molar-refractivity contribution in [3.63, 3.8) is 0 Å². The number of aromatic nitrogens is 4. The lowest BCUT2D eigenvalue weighted by Crippen LogP contribution is -2.45. The van der Waals surface area contributed by atoms with Gasteiger partial charge in [-0.1, -0.05) is 24.3 Å². The minimum atomic E-state index is 0.504. The first-order valence-electron chi connectivity index (χ1n) is 10.6. The highest BCUT2D eigenvalue weighted by Crippen LogP contribution is 2.27. The van der Waals surface area contributed by atoms with Crippen LogP contribution in [0.25, 0.3) is 5.57 Å². The summed E-state index contributed by atoms with van der Waals surface area (Å²) in [5.41, 5.74) is 2.00. The largest absolute Gasteiger partial charge is 0.338 e. The molecule has 5 rings (SSSR count). The average Bonchev–Trinajstić information content (AvgIpc) is 3.29. The Hall–Kier alpha value is -3.30. The molecule has 4 heterocycles. The minimum absolute atomic E-state index is 0.504. The average molecular weight is 445 g/mol. The molecule has 0 amide bonds. The Balaban J connectivity index is 1.40. The number of likely N-dealkylation sites (N-methyl/N-ethyl adjacent to an activating group) is 1. The maximum absolute atomic E-state index is 4.76. The Labute approximate surface area is 191 Å². The third-order valence-corrected chi connectivity index (χ3v) is 6.18. The highest BCUT2D eigenvalue weighted by Gasteiger charge is 2.20. The maximum atomic E-state index is 4.76. The van der Waals surface area contributed by atoms with Crippen LogP contribution in [0.5, 0.6) is 0 Å². The highest BCUT2D eigenvalue weighted by atomic mass is 32.2. The first-order valence-corrected chi connectivity index (χ1v) is 11.4. The summed E-state index contributed by atoms with van der Waals surface area (Å²) in [5, 5.41) is 3.95. The van der Waals surface area contributed by atoms with Gasteiger partial charge in [-0.2, -0.15) is 15.0 Å². The molecule has 1 aromatic carbocycles. The topological polar surface area (TPSA) is 82.4 Å².